The van der Waals surface area contributed by atoms with Crippen molar-refractivity contribution >= 4 is 23.2 Å². The van der Waals surface area contributed by atoms with Gasteiger partial charge in [0.05, 0.1) is 11.3 Å². The van der Waals surface area contributed by atoms with Crippen molar-refractivity contribution in [1.82, 2.24) is 5.32 Å². The van der Waals surface area contributed by atoms with Gasteiger partial charge in [-0.15, -0.1) is 0 Å². The molecule has 0 bridgehead atoms. The monoisotopic (exact) mass is 371 g/mol. The molecule has 2 N–H and O–H groups in total. The summed E-state index contributed by atoms with van der Waals surface area (Å²) >= 11 is 0. The van der Waals surface area contributed by atoms with Crippen LogP contribution in [-0.2, 0) is 6.54 Å². The molecule has 1 aliphatic heterocycles. The number of amides is 2. The van der Waals surface area contributed by atoms with Crippen molar-refractivity contribution < 1.29 is 9.59 Å². The maximum Gasteiger partial charge on any atom is 0.255 e. The minimum Gasteiger partial charge on any atom is -0.377 e. The van der Waals surface area contributed by atoms with Crippen LogP contribution in [0.4, 0.5) is 11.4 Å². The van der Waals surface area contributed by atoms with E-state index in [0.717, 1.165) is 22.4 Å². The van der Waals surface area contributed by atoms with E-state index in [4.69, 9.17) is 0 Å². The summed E-state index contributed by atoms with van der Waals surface area (Å²) < 4.78 is 0. The molecule has 0 unspecified atom stereocenters. The molecule has 0 radical (unpaired) electrons. The molecule has 2 amide bonds. The summed E-state index contributed by atoms with van der Waals surface area (Å²) in [6.45, 7) is 0.445. The van der Waals surface area contributed by atoms with Gasteiger partial charge in [0.25, 0.3) is 11.8 Å². The normalized spacial score (nSPS) is 12.3. The third kappa shape index (κ3) is 3.11. The van der Waals surface area contributed by atoms with Gasteiger partial charge in [0.15, 0.2) is 0 Å². The lowest BCUT2D eigenvalue weighted by atomic mass is 9.94. The van der Waals surface area contributed by atoms with E-state index in [1.165, 1.54) is 0 Å². The van der Waals surface area contributed by atoms with Crippen LogP contribution < -0.4 is 15.5 Å². The molecule has 0 saturated heterocycles. The van der Waals surface area contributed by atoms with Gasteiger partial charge in [0.2, 0.25) is 0 Å². The molecule has 5 nitrogen and oxygen atoms in total. The SMILES string of the molecule is CN(C)c1ccccc1-c1ccc(NC(=O)c2ccccc2)c2c1CNC2=O. The summed E-state index contributed by atoms with van der Waals surface area (Å²) in [7, 11) is 3.99. The molecule has 3 aromatic carbocycles. The number of hydrogen-bond donors (Lipinski definition) is 2. The van der Waals surface area contributed by atoms with Gasteiger partial charge < -0.3 is 15.5 Å². The average molecular weight is 371 g/mol. The lowest BCUT2D eigenvalue weighted by Crippen LogP contribution is -2.17. The number of nitrogens with zero attached hydrogens (tertiary/aromatic N) is 1. The highest BCUT2D eigenvalue weighted by atomic mass is 16.2. The Kier molecular flexibility index (Phi) is 4.57. The van der Waals surface area contributed by atoms with Gasteiger partial charge in [0.1, 0.15) is 0 Å². The first-order chi connectivity index (χ1) is 13.6. The molecule has 0 aromatic heterocycles. The van der Waals surface area contributed by atoms with E-state index >= 15 is 0 Å². The van der Waals surface area contributed by atoms with E-state index in [-0.39, 0.29) is 11.8 Å². The Hall–Kier alpha value is -3.60. The van der Waals surface area contributed by atoms with Crippen molar-refractivity contribution in [2.45, 2.75) is 6.54 Å². The third-order valence-electron chi connectivity index (χ3n) is 4.93. The van der Waals surface area contributed by atoms with Crippen LogP contribution in [0.3, 0.4) is 0 Å². The van der Waals surface area contributed by atoms with Gasteiger partial charge in [-0.3, -0.25) is 9.59 Å². The number of nitrogens with one attached hydrogen (secondary N) is 2. The fourth-order valence-electron chi connectivity index (χ4n) is 3.58. The third-order valence-corrected chi connectivity index (χ3v) is 4.93. The maximum absolute atomic E-state index is 12.6. The van der Waals surface area contributed by atoms with Gasteiger partial charge in [-0.25, -0.2) is 0 Å². The molecule has 0 fully saturated rings. The summed E-state index contributed by atoms with van der Waals surface area (Å²) in [5.41, 5.74) is 5.66. The highest BCUT2D eigenvalue weighted by Gasteiger charge is 2.27. The standard InChI is InChI=1S/C23H21N3O2/c1-26(2)20-11-7-6-10-17(20)16-12-13-19(21-18(16)14-24-23(21)28)25-22(27)15-8-4-3-5-9-15/h3-13H,14H2,1-2H3,(H,24,28)(H,25,27). The van der Waals surface area contributed by atoms with Crippen LogP contribution in [-0.4, -0.2) is 25.9 Å². The van der Waals surface area contributed by atoms with E-state index in [1.54, 1.807) is 12.1 Å². The summed E-state index contributed by atoms with van der Waals surface area (Å²) in [6.07, 6.45) is 0. The molecule has 28 heavy (non-hydrogen) atoms. The van der Waals surface area contributed by atoms with Gasteiger partial charge >= 0.3 is 0 Å². The van der Waals surface area contributed by atoms with Crippen molar-refractivity contribution in [3.8, 4) is 11.1 Å². The van der Waals surface area contributed by atoms with Gasteiger partial charge in [-0.2, -0.15) is 0 Å². The quantitative estimate of drug-likeness (QED) is 0.731. The molecule has 1 aliphatic rings. The Labute approximate surface area is 164 Å². The van der Waals surface area contributed by atoms with Crippen LogP contribution in [0.5, 0.6) is 0 Å². The van der Waals surface area contributed by atoms with Crippen molar-refractivity contribution in [3.05, 3.63) is 83.4 Å². The van der Waals surface area contributed by atoms with Crippen LogP contribution in [0.2, 0.25) is 0 Å². The molecule has 0 spiro atoms. The van der Waals surface area contributed by atoms with Crippen LogP contribution in [0.1, 0.15) is 26.3 Å². The number of anilines is 2. The molecule has 1 heterocycles. The van der Waals surface area contributed by atoms with Crippen LogP contribution >= 0.6 is 0 Å². The minimum absolute atomic E-state index is 0.164. The Morgan fingerprint density at radius 2 is 1.64 bits per heavy atom. The zero-order valence-electron chi connectivity index (χ0n) is 15.8. The summed E-state index contributed by atoms with van der Waals surface area (Å²) in [6, 6.07) is 20.9. The number of fused-ring (bicyclic) bond motifs is 1. The largest absolute Gasteiger partial charge is 0.377 e. The van der Waals surface area contributed by atoms with Crippen LogP contribution in [0.15, 0.2) is 66.7 Å². The molecule has 140 valence electrons. The Bertz CT molecular complexity index is 1060. The van der Waals surface area contributed by atoms with Crippen LogP contribution in [0.25, 0.3) is 11.1 Å². The average Bonchev–Trinajstić information content (AvgIpc) is 3.11. The second kappa shape index (κ2) is 7.19. The zero-order valence-corrected chi connectivity index (χ0v) is 15.8. The molecule has 0 saturated carbocycles. The van der Waals surface area contributed by atoms with E-state index in [2.05, 4.69) is 27.7 Å². The maximum atomic E-state index is 12.6. The second-order valence-electron chi connectivity index (χ2n) is 6.93. The molecular formula is C23H21N3O2. The van der Waals surface area contributed by atoms with Crippen molar-refractivity contribution in [1.29, 1.82) is 0 Å². The molecule has 3 aromatic rings. The Morgan fingerprint density at radius 1 is 0.929 bits per heavy atom. The van der Waals surface area contributed by atoms with Crippen molar-refractivity contribution in [3.63, 3.8) is 0 Å². The first kappa shape index (κ1) is 17.8. The van der Waals surface area contributed by atoms with E-state index < -0.39 is 0 Å². The number of carbonyl (C=O) groups excluding carboxylic acids is 2. The predicted molar refractivity (Wildman–Crippen MR) is 112 cm³/mol. The molecule has 5 heteroatoms. The Morgan fingerprint density at radius 3 is 2.39 bits per heavy atom. The fourth-order valence-corrected chi connectivity index (χ4v) is 3.58. The Balaban J connectivity index is 1.78. The zero-order chi connectivity index (χ0) is 19.7. The van der Waals surface area contributed by atoms with E-state index in [9.17, 15) is 9.59 Å². The highest BCUT2D eigenvalue weighted by molar-refractivity contribution is 6.11. The van der Waals surface area contributed by atoms with Crippen molar-refractivity contribution in [2.75, 3.05) is 24.3 Å². The predicted octanol–water partition coefficient (Wildman–Crippen LogP) is 3.92. The number of hydrogen-bond acceptors (Lipinski definition) is 3. The fraction of sp³-hybridized carbons (Fsp3) is 0.130. The van der Waals surface area contributed by atoms with E-state index in [0.29, 0.717) is 23.4 Å². The smallest absolute Gasteiger partial charge is 0.255 e. The molecular weight excluding hydrogens is 350 g/mol. The minimum atomic E-state index is -0.232. The summed E-state index contributed by atoms with van der Waals surface area (Å²) in [4.78, 5) is 27.2. The van der Waals surface area contributed by atoms with Gasteiger partial charge in [-0.05, 0) is 35.4 Å². The van der Waals surface area contributed by atoms with Crippen molar-refractivity contribution in [2.24, 2.45) is 0 Å². The van der Waals surface area contributed by atoms with Crippen LogP contribution in [0, 0.1) is 0 Å². The first-order valence-corrected chi connectivity index (χ1v) is 9.13. The lowest BCUT2D eigenvalue weighted by Gasteiger charge is -2.19. The molecule has 4 rings (SSSR count). The first-order valence-electron chi connectivity index (χ1n) is 9.13. The number of benzene rings is 3. The summed E-state index contributed by atoms with van der Waals surface area (Å²) in [5, 5.41) is 5.79. The topological polar surface area (TPSA) is 61.4 Å². The summed E-state index contributed by atoms with van der Waals surface area (Å²) in [5.74, 6) is -0.397. The highest BCUT2D eigenvalue weighted by Crippen LogP contribution is 2.38. The number of para-hydroxylation sites is 1. The van der Waals surface area contributed by atoms with Gasteiger partial charge in [0, 0.05) is 37.5 Å². The number of carbonyl (C=O) groups is 2. The van der Waals surface area contributed by atoms with Gasteiger partial charge in [-0.1, -0.05) is 42.5 Å². The second-order valence-corrected chi connectivity index (χ2v) is 6.93. The number of rotatable bonds is 4. The molecule has 0 atom stereocenters. The van der Waals surface area contributed by atoms with E-state index in [1.807, 2.05) is 56.6 Å². The molecule has 0 aliphatic carbocycles. The lowest BCUT2D eigenvalue weighted by molar-refractivity contribution is 0.0966.